The number of aromatic nitrogens is 4. The first-order valence-corrected chi connectivity index (χ1v) is 8.14. The molecule has 2 aromatic heterocycles. The minimum atomic E-state index is -0.280. The van der Waals surface area contributed by atoms with Crippen LogP contribution in [0.1, 0.15) is 0 Å². The van der Waals surface area contributed by atoms with Crippen LogP contribution in [0.15, 0.2) is 41.7 Å². The van der Waals surface area contributed by atoms with E-state index in [1.807, 2.05) is 43.5 Å². The van der Waals surface area contributed by atoms with E-state index in [1.54, 1.807) is 12.3 Å². The lowest BCUT2D eigenvalue weighted by molar-refractivity contribution is -0.112. The fourth-order valence-corrected chi connectivity index (χ4v) is 1.99. The maximum absolute atomic E-state index is 11.9. The SMILES string of the molecule is CSc1nc(NC(=O)C=CCN(C)C)nc(-c2ccccn2)n1. The van der Waals surface area contributed by atoms with Crippen LogP contribution >= 0.6 is 11.8 Å². The first-order chi connectivity index (χ1) is 11.1. The maximum Gasteiger partial charge on any atom is 0.250 e. The highest BCUT2D eigenvalue weighted by molar-refractivity contribution is 7.98. The summed E-state index contributed by atoms with van der Waals surface area (Å²) in [5, 5.41) is 3.17. The average Bonchev–Trinajstić information content (AvgIpc) is 2.55. The summed E-state index contributed by atoms with van der Waals surface area (Å²) in [4.78, 5) is 30.9. The summed E-state index contributed by atoms with van der Waals surface area (Å²) in [5.74, 6) is 0.360. The van der Waals surface area contributed by atoms with Gasteiger partial charge in [-0.05, 0) is 32.5 Å². The molecule has 8 heteroatoms. The third-order valence-electron chi connectivity index (χ3n) is 2.67. The second-order valence-electron chi connectivity index (χ2n) is 4.84. The molecule has 0 bridgehead atoms. The van der Waals surface area contributed by atoms with Gasteiger partial charge >= 0.3 is 0 Å². The van der Waals surface area contributed by atoms with E-state index in [1.165, 1.54) is 17.8 Å². The van der Waals surface area contributed by atoms with Crippen molar-refractivity contribution in [2.45, 2.75) is 5.16 Å². The van der Waals surface area contributed by atoms with Crippen LogP contribution in [-0.4, -0.2) is 57.6 Å². The molecule has 0 saturated heterocycles. The van der Waals surface area contributed by atoms with Crippen LogP contribution in [0, 0.1) is 0 Å². The first kappa shape index (κ1) is 17.0. The fraction of sp³-hybridized carbons (Fsp3) is 0.267. The minimum Gasteiger partial charge on any atom is -0.306 e. The molecule has 2 aromatic rings. The number of carbonyl (C=O) groups excluding carboxylic acids is 1. The maximum atomic E-state index is 11.9. The zero-order valence-electron chi connectivity index (χ0n) is 13.2. The third-order valence-corrected chi connectivity index (χ3v) is 3.21. The highest BCUT2D eigenvalue weighted by atomic mass is 32.2. The van der Waals surface area contributed by atoms with Gasteiger partial charge in [-0.2, -0.15) is 9.97 Å². The van der Waals surface area contributed by atoms with Gasteiger partial charge in [-0.25, -0.2) is 4.98 Å². The van der Waals surface area contributed by atoms with Gasteiger partial charge in [0.25, 0.3) is 0 Å². The van der Waals surface area contributed by atoms with Crippen LogP contribution in [0.25, 0.3) is 11.5 Å². The lowest BCUT2D eigenvalue weighted by Crippen LogP contribution is -2.14. The lowest BCUT2D eigenvalue weighted by Gasteiger charge is -2.06. The Bertz CT molecular complexity index is 690. The number of rotatable bonds is 6. The third kappa shape index (κ3) is 5.42. The van der Waals surface area contributed by atoms with Gasteiger partial charge in [0.1, 0.15) is 5.69 Å². The summed E-state index contributed by atoms with van der Waals surface area (Å²) < 4.78 is 0. The average molecular weight is 330 g/mol. The lowest BCUT2D eigenvalue weighted by atomic mass is 10.3. The molecular formula is C15H18N6OS. The van der Waals surface area contributed by atoms with Gasteiger partial charge in [-0.15, -0.1) is 0 Å². The van der Waals surface area contributed by atoms with Crippen molar-refractivity contribution in [2.24, 2.45) is 0 Å². The van der Waals surface area contributed by atoms with Gasteiger partial charge in [0.05, 0.1) is 0 Å². The van der Waals surface area contributed by atoms with E-state index < -0.39 is 0 Å². The number of amides is 1. The Balaban J connectivity index is 2.19. The van der Waals surface area contributed by atoms with Crippen LogP contribution in [0.4, 0.5) is 5.95 Å². The zero-order chi connectivity index (χ0) is 16.7. The molecule has 0 aliphatic carbocycles. The summed E-state index contributed by atoms with van der Waals surface area (Å²) in [6.07, 6.45) is 6.76. The van der Waals surface area contributed by atoms with Crippen LogP contribution in [0.2, 0.25) is 0 Å². The summed E-state index contributed by atoms with van der Waals surface area (Å²) in [6, 6.07) is 5.48. The molecule has 0 atom stereocenters. The minimum absolute atomic E-state index is 0.213. The number of hydrogen-bond donors (Lipinski definition) is 1. The van der Waals surface area contributed by atoms with E-state index in [2.05, 4.69) is 25.3 Å². The van der Waals surface area contributed by atoms with Crippen molar-refractivity contribution in [3.63, 3.8) is 0 Å². The summed E-state index contributed by atoms with van der Waals surface area (Å²) in [6.45, 7) is 0.680. The normalized spacial score (nSPS) is 11.1. The van der Waals surface area contributed by atoms with Gasteiger partial charge in [0, 0.05) is 18.8 Å². The van der Waals surface area contributed by atoms with Gasteiger partial charge in [0.2, 0.25) is 11.9 Å². The van der Waals surface area contributed by atoms with Crippen LogP contribution in [-0.2, 0) is 4.79 Å². The Kier molecular flexibility index (Phi) is 6.19. The van der Waals surface area contributed by atoms with Gasteiger partial charge < -0.3 is 4.90 Å². The predicted octanol–water partition coefficient (Wildman–Crippen LogP) is 1.71. The Morgan fingerprint density at radius 2 is 2.13 bits per heavy atom. The van der Waals surface area contributed by atoms with Gasteiger partial charge in [-0.1, -0.05) is 23.9 Å². The zero-order valence-corrected chi connectivity index (χ0v) is 14.0. The molecule has 1 N–H and O–H groups in total. The van der Waals surface area contributed by atoms with Crippen LogP contribution < -0.4 is 5.32 Å². The van der Waals surface area contributed by atoms with Crippen molar-refractivity contribution in [1.82, 2.24) is 24.8 Å². The van der Waals surface area contributed by atoms with Crippen molar-refractivity contribution in [3.8, 4) is 11.5 Å². The number of anilines is 1. The summed E-state index contributed by atoms with van der Waals surface area (Å²) >= 11 is 1.37. The molecule has 0 radical (unpaired) electrons. The highest BCUT2D eigenvalue weighted by Gasteiger charge is 2.10. The molecule has 2 rings (SSSR count). The molecule has 120 valence electrons. The molecule has 1 amide bonds. The Hall–Kier alpha value is -2.32. The monoisotopic (exact) mass is 330 g/mol. The number of nitrogens with zero attached hydrogens (tertiary/aromatic N) is 5. The predicted molar refractivity (Wildman–Crippen MR) is 91.2 cm³/mol. The molecule has 0 spiro atoms. The standard InChI is InChI=1S/C15H18N6OS/c1-21(2)10-6-8-12(22)17-14-18-13(19-15(20-14)23-3)11-7-4-5-9-16-11/h4-9H,10H2,1-3H3,(H,17,18,19,20,22). The molecule has 0 aliphatic rings. The van der Waals surface area contributed by atoms with E-state index in [9.17, 15) is 4.79 Å². The van der Waals surface area contributed by atoms with Crippen molar-refractivity contribution < 1.29 is 4.79 Å². The second-order valence-corrected chi connectivity index (χ2v) is 5.61. The number of likely N-dealkylation sites (N-methyl/N-ethyl adjacent to an activating group) is 1. The van der Waals surface area contributed by atoms with E-state index >= 15 is 0 Å². The van der Waals surface area contributed by atoms with E-state index in [0.29, 0.717) is 23.2 Å². The number of hydrogen-bond acceptors (Lipinski definition) is 7. The number of nitrogens with one attached hydrogen (secondary N) is 1. The van der Waals surface area contributed by atoms with Crippen molar-refractivity contribution in [1.29, 1.82) is 0 Å². The molecular weight excluding hydrogens is 312 g/mol. The quantitative estimate of drug-likeness (QED) is 0.637. The van der Waals surface area contributed by atoms with Crippen LogP contribution in [0.3, 0.4) is 0 Å². The number of pyridine rings is 1. The first-order valence-electron chi connectivity index (χ1n) is 6.92. The molecule has 0 aromatic carbocycles. The topological polar surface area (TPSA) is 83.9 Å². The Morgan fingerprint density at radius 3 is 2.78 bits per heavy atom. The van der Waals surface area contributed by atoms with Crippen molar-refractivity contribution in [2.75, 3.05) is 32.2 Å². The molecule has 0 fully saturated rings. The van der Waals surface area contributed by atoms with E-state index in [4.69, 9.17) is 0 Å². The van der Waals surface area contributed by atoms with Gasteiger partial charge in [-0.3, -0.25) is 15.1 Å². The fourth-order valence-electron chi connectivity index (χ4n) is 1.64. The number of carbonyl (C=O) groups is 1. The van der Waals surface area contributed by atoms with Crippen molar-refractivity contribution >= 4 is 23.6 Å². The summed E-state index contributed by atoms with van der Waals surface area (Å²) in [5.41, 5.74) is 0.629. The van der Waals surface area contributed by atoms with Crippen LogP contribution in [0.5, 0.6) is 0 Å². The van der Waals surface area contributed by atoms with E-state index in [0.717, 1.165) is 0 Å². The molecule has 2 heterocycles. The molecule has 7 nitrogen and oxygen atoms in total. The molecule has 0 unspecified atom stereocenters. The number of thioether (sulfide) groups is 1. The Morgan fingerprint density at radius 1 is 1.30 bits per heavy atom. The molecule has 23 heavy (non-hydrogen) atoms. The van der Waals surface area contributed by atoms with Crippen molar-refractivity contribution in [3.05, 3.63) is 36.5 Å². The summed E-state index contributed by atoms with van der Waals surface area (Å²) in [7, 11) is 3.86. The van der Waals surface area contributed by atoms with Gasteiger partial charge in [0.15, 0.2) is 11.0 Å². The molecule has 0 aliphatic heterocycles. The second kappa shape index (κ2) is 8.35. The highest BCUT2D eigenvalue weighted by Crippen LogP contribution is 2.17. The van der Waals surface area contributed by atoms with E-state index in [-0.39, 0.29) is 11.9 Å². The largest absolute Gasteiger partial charge is 0.306 e. The smallest absolute Gasteiger partial charge is 0.250 e. The Labute approximate surface area is 139 Å². The molecule has 0 saturated carbocycles.